The highest BCUT2D eigenvalue weighted by atomic mass is 127. The number of guanidine groups is 1. The Hall–Kier alpha value is -1.17. The summed E-state index contributed by atoms with van der Waals surface area (Å²) in [7, 11) is -3.42. The van der Waals surface area contributed by atoms with E-state index in [2.05, 4.69) is 34.7 Å². The minimum absolute atomic E-state index is 0. The monoisotopic (exact) mass is 562 g/mol. The highest BCUT2D eigenvalue weighted by Crippen LogP contribution is 2.21. The minimum atomic E-state index is -3.42. The zero-order valence-electron chi connectivity index (χ0n) is 17.6. The summed E-state index contributed by atoms with van der Waals surface area (Å²) in [5.74, 6) is 0.725. The molecule has 0 spiro atoms. The van der Waals surface area contributed by atoms with Gasteiger partial charge in [-0.1, -0.05) is 18.6 Å². The van der Waals surface area contributed by atoms with Gasteiger partial charge in [0.2, 0.25) is 10.0 Å². The molecule has 3 rings (SSSR count). The first-order chi connectivity index (χ1) is 14.0. The zero-order valence-corrected chi connectivity index (χ0v) is 21.5. The van der Waals surface area contributed by atoms with Gasteiger partial charge < -0.3 is 10.6 Å². The van der Waals surface area contributed by atoms with E-state index in [0.29, 0.717) is 31.1 Å². The molecule has 1 aliphatic rings. The first kappa shape index (κ1) is 25.1. The third-order valence-corrected chi connectivity index (χ3v) is 7.74. The van der Waals surface area contributed by atoms with Crippen LogP contribution in [0.5, 0.6) is 0 Å². The van der Waals surface area contributed by atoms with Crippen molar-refractivity contribution in [3.8, 4) is 0 Å². The van der Waals surface area contributed by atoms with E-state index in [1.54, 1.807) is 33.8 Å². The van der Waals surface area contributed by atoms with Gasteiger partial charge in [0.25, 0.3) is 0 Å². The van der Waals surface area contributed by atoms with Gasteiger partial charge in [-0.2, -0.15) is 4.31 Å². The number of hydrogen-bond acceptors (Lipinski definition) is 4. The van der Waals surface area contributed by atoms with E-state index >= 15 is 0 Å². The number of rotatable bonds is 7. The summed E-state index contributed by atoms with van der Waals surface area (Å²) in [5, 5.41) is 6.58. The molecule has 1 aromatic carbocycles. The number of benzene rings is 1. The van der Waals surface area contributed by atoms with Crippen LogP contribution in [0, 0.1) is 6.92 Å². The molecule has 1 aromatic heterocycles. The normalized spacial score (nSPS) is 15.5. The Morgan fingerprint density at radius 1 is 1.13 bits per heavy atom. The van der Waals surface area contributed by atoms with Crippen LogP contribution in [-0.4, -0.2) is 38.3 Å². The van der Waals surface area contributed by atoms with Crippen LogP contribution in [0.1, 0.15) is 41.5 Å². The molecule has 2 heterocycles. The third-order valence-electron chi connectivity index (χ3n) is 4.84. The van der Waals surface area contributed by atoms with Crippen molar-refractivity contribution in [1.29, 1.82) is 0 Å². The predicted octanol–water partition coefficient (Wildman–Crippen LogP) is 4.10. The van der Waals surface area contributed by atoms with Crippen LogP contribution in [0.3, 0.4) is 0 Å². The van der Waals surface area contributed by atoms with E-state index in [1.807, 2.05) is 13.0 Å². The second-order valence-corrected chi connectivity index (χ2v) is 10.5. The van der Waals surface area contributed by atoms with Crippen molar-refractivity contribution in [2.75, 3.05) is 19.6 Å². The molecule has 6 nitrogen and oxygen atoms in total. The standard InChI is InChI=1S/C21H30N4O2S2.HI/c1-3-22-21(24-16-19-11-10-17(2)28-19)23-15-18-8-7-9-20(14-18)29(26,27)25-12-5-4-6-13-25;/h7-11,14H,3-6,12-13,15-16H2,1-2H3,(H2,22,23,24);1H. The maximum absolute atomic E-state index is 12.9. The summed E-state index contributed by atoms with van der Waals surface area (Å²) in [6, 6.07) is 11.4. The maximum atomic E-state index is 12.9. The van der Waals surface area contributed by atoms with Crippen molar-refractivity contribution < 1.29 is 8.42 Å². The largest absolute Gasteiger partial charge is 0.357 e. The molecule has 0 aliphatic carbocycles. The van der Waals surface area contributed by atoms with Gasteiger partial charge in [-0.25, -0.2) is 13.4 Å². The summed E-state index contributed by atoms with van der Waals surface area (Å²) in [4.78, 5) is 7.53. The molecule has 1 saturated heterocycles. The van der Waals surface area contributed by atoms with E-state index in [-0.39, 0.29) is 24.0 Å². The molecule has 2 N–H and O–H groups in total. The second kappa shape index (κ2) is 12.0. The molecule has 9 heteroatoms. The molecule has 0 saturated carbocycles. The van der Waals surface area contributed by atoms with Gasteiger partial charge in [0.05, 0.1) is 18.0 Å². The number of nitrogens with one attached hydrogen (secondary N) is 2. The van der Waals surface area contributed by atoms with Crippen molar-refractivity contribution in [3.63, 3.8) is 0 Å². The number of thiophene rings is 1. The van der Waals surface area contributed by atoms with Crippen LogP contribution < -0.4 is 10.6 Å². The number of aryl methyl sites for hydroxylation is 1. The Bertz CT molecular complexity index is 938. The summed E-state index contributed by atoms with van der Waals surface area (Å²) in [5.41, 5.74) is 0.882. The lowest BCUT2D eigenvalue weighted by atomic mass is 10.2. The van der Waals surface area contributed by atoms with Crippen LogP contribution in [0.15, 0.2) is 46.3 Å². The quantitative estimate of drug-likeness (QED) is 0.303. The summed E-state index contributed by atoms with van der Waals surface area (Å²) in [6.45, 7) is 7.24. The molecule has 30 heavy (non-hydrogen) atoms. The van der Waals surface area contributed by atoms with Crippen molar-refractivity contribution in [1.82, 2.24) is 14.9 Å². The van der Waals surface area contributed by atoms with Gasteiger partial charge in [-0.3, -0.25) is 0 Å². The molecule has 1 aliphatic heterocycles. The summed E-state index contributed by atoms with van der Waals surface area (Å²) < 4.78 is 27.4. The highest BCUT2D eigenvalue weighted by Gasteiger charge is 2.25. The average Bonchev–Trinajstić information content (AvgIpc) is 3.16. The number of aliphatic imine (C=N–C) groups is 1. The molecule has 2 aromatic rings. The van der Waals surface area contributed by atoms with E-state index in [4.69, 9.17) is 0 Å². The van der Waals surface area contributed by atoms with Crippen molar-refractivity contribution in [2.45, 2.75) is 51.1 Å². The summed E-state index contributed by atoms with van der Waals surface area (Å²) >= 11 is 1.76. The number of piperidine rings is 1. The highest BCUT2D eigenvalue weighted by molar-refractivity contribution is 14.0. The lowest BCUT2D eigenvalue weighted by Crippen LogP contribution is -2.36. The molecule has 0 amide bonds. The maximum Gasteiger partial charge on any atom is 0.243 e. The summed E-state index contributed by atoms with van der Waals surface area (Å²) in [6.07, 6.45) is 2.97. The Kier molecular flexibility index (Phi) is 10.1. The second-order valence-electron chi connectivity index (χ2n) is 7.17. The Labute approximate surface area is 201 Å². The first-order valence-corrected chi connectivity index (χ1v) is 12.4. The Morgan fingerprint density at radius 3 is 2.57 bits per heavy atom. The fraction of sp³-hybridized carbons (Fsp3) is 0.476. The van der Waals surface area contributed by atoms with E-state index in [9.17, 15) is 8.42 Å². The molecular formula is C21H31IN4O2S2. The van der Waals surface area contributed by atoms with E-state index < -0.39 is 10.0 Å². The average molecular weight is 563 g/mol. The topological polar surface area (TPSA) is 73.8 Å². The van der Waals surface area contributed by atoms with Crippen molar-refractivity contribution in [3.05, 3.63) is 51.7 Å². The van der Waals surface area contributed by atoms with Crippen LogP contribution in [0.2, 0.25) is 0 Å². The molecular weight excluding hydrogens is 531 g/mol. The van der Waals surface area contributed by atoms with Gasteiger partial charge in [0.1, 0.15) is 0 Å². The molecule has 0 unspecified atom stereocenters. The predicted molar refractivity (Wildman–Crippen MR) is 135 cm³/mol. The first-order valence-electron chi connectivity index (χ1n) is 10.2. The lowest BCUT2D eigenvalue weighted by Gasteiger charge is -2.26. The molecule has 166 valence electrons. The number of halogens is 1. The molecule has 1 fully saturated rings. The minimum Gasteiger partial charge on any atom is -0.357 e. The third kappa shape index (κ3) is 6.93. The van der Waals surface area contributed by atoms with Crippen molar-refractivity contribution >= 4 is 51.3 Å². The van der Waals surface area contributed by atoms with Gasteiger partial charge in [-0.05, 0) is 56.5 Å². The van der Waals surface area contributed by atoms with Crippen LogP contribution in [-0.2, 0) is 23.1 Å². The fourth-order valence-corrected chi connectivity index (χ4v) is 5.74. The Morgan fingerprint density at radius 2 is 1.90 bits per heavy atom. The SMILES string of the molecule is CCNC(=NCc1cccc(S(=O)(=O)N2CCCCC2)c1)NCc1ccc(C)s1.I. The number of nitrogens with zero attached hydrogens (tertiary/aromatic N) is 2. The van der Waals surface area contributed by atoms with Crippen LogP contribution in [0.4, 0.5) is 0 Å². The Balaban J connectivity index is 0.00000320. The van der Waals surface area contributed by atoms with Crippen molar-refractivity contribution in [2.24, 2.45) is 4.99 Å². The molecule has 0 bridgehead atoms. The van der Waals surface area contributed by atoms with E-state index in [1.165, 1.54) is 9.75 Å². The van der Waals surface area contributed by atoms with Gasteiger partial charge in [0.15, 0.2) is 5.96 Å². The van der Waals surface area contributed by atoms with Crippen LogP contribution in [0.25, 0.3) is 0 Å². The van der Waals surface area contributed by atoms with Gasteiger partial charge in [0, 0.05) is 29.4 Å². The molecule has 0 atom stereocenters. The zero-order chi connectivity index (χ0) is 20.7. The number of hydrogen-bond donors (Lipinski definition) is 2. The van der Waals surface area contributed by atoms with Gasteiger partial charge >= 0.3 is 0 Å². The van der Waals surface area contributed by atoms with Crippen LogP contribution >= 0.6 is 35.3 Å². The number of sulfonamides is 1. The van der Waals surface area contributed by atoms with Gasteiger partial charge in [-0.15, -0.1) is 35.3 Å². The van der Waals surface area contributed by atoms with E-state index in [0.717, 1.165) is 37.3 Å². The fourth-order valence-electron chi connectivity index (χ4n) is 3.32. The molecule has 0 radical (unpaired) electrons. The lowest BCUT2D eigenvalue weighted by molar-refractivity contribution is 0.346. The smallest absolute Gasteiger partial charge is 0.243 e.